The molecular weight excluding hydrogens is 402 g/mol. The maximum atomic E-state index is 11.4. The van der Waals surface area contributed by atoms with Gasteiger partial charge in [-0.05, 0) is 42.6 Å². The predicted octanol–water partition coefficient (Wildman–Crippen LogP) is 3.22. The molecular formula is C25H29N5O2. The second-order valence-corrected chi connectivity index (χ2v) is 8.15. The zero-order valence-corrected chi connectivity index (χ0v) is 18.1. The molecule has 0 radical (unpaired) electrons. The van der Waals surface area contributed by atoms with Gasteiger partial charge < -0.3 is 21.1 Å². The molecule has 166 valence electrons. The first-order valence-electron chi connectivity index (χ1n) is 11.0. The van der Waals surface area contributed by atoms with Gasteiger partial charge >= 0.3 is 0 Å². The van der Waals surface area contributed by atoms with Gasteiger partial charge in [0.15, 0.2) is 0 Å². The average Bonchev–Trinajstić information content (AvgIpc) is 2.83. The lowest BCUT2D eigenvalue weighted by Gasteiger charge is -2.33. The first kappa shape index (κ1) is 21.9. The fraction of sp³-hybridized carbons (Fsp3) is 0.320. The van der Waals surface area contributed by atoms with E-state index in [9.17, 15) is 4.79 Å². The number of nitrogens with two attached hydrogens (primary N) is 2. The van der Waals surface area contributed by atoms with Crippen molar-refractivity contribution in [2.75, 3.05) is 32.0 Å². The number of ether oxygens (including phenoxy) is 1. The number of nitrogens with zero attached hydrogens (tertiary/aromatic N) is 3. The smallest absolute Gasteiger partial charge is 0.248 e. The molecule has 32 heavy (non-hydrogen) atoms. The van der Waals surface area contributed by atoms with Gasteiger partial charge in [-0.25, -0.2) is 9.97 Å². The molecule has 3 aromatic rings. The number of amides is 1. The minimum atomic E-state index is -0.442. The summed E-state index contributed by atoms with van der Waals surface area (Å²) in [5, 5.41) is 0. The Labute approximate surface area is 188 Å². The topological polar surface area (TPSA) is 107 Å². The van der Waals surface area contributed by atoms with E-state index in [0.717, 1.165) is 49.3 Å². The number of hydrogen-bond donors (Lipinski definition) is 2. The molecule has 1 aliphatic rings. The van der Waals surface area contributed by atoms with Crippen LogP contribution in [0.5, 0.6) is 0 Å². The van der Waals surface area contributed by atoms with Crippen LogP contribution in [0.4, 0.5) is 5.95 Å². The monoisotopic (exact) mass is 431 g/mol. The Hall–Kier alpha value is -3.29. The summed E-state index contributed by atoms with van der Waals surface area (Å²) in [5.74, 6) is 0.0950. The van der Waals surface area contributed by atoms with Gasteiger partial charge in [-0.1, -0.05) is 42.5 Å². The molecule has 0 spiro atoms. The standard InChI is InChI=1S/C25H29N5O2/c26-24(31)20-10-8-19(9-11-20)22-15-28-25(27)29-23(22)21-7-4-12-30(16-21)13-14-32-17-18-5-2-1-3-6-18/h1-3,5-6,8-11,15,21H,4,7,12-14,16-17H2,(H2,26,31)(H2,27,28,29). The van der Waals surface area contributed by atoms with Gasteiger partial charge in [0.05, 0.1) is 18.9 Å². The first-order chi connectivity index (χ1) is 15.6. The molecule has 4 N–H and O–H groups in total. The van der Waals surface area contributed by atoms with Crippen LogP contribution in [0.1, 0.15) is 40.4 Å². The maximum Gasteiger partial charge on any atom is 0.248 e. The van der Waals surface area contributed by atoms with Crippen molar-refractivity contribution in [2.24, 2.45) is 5.73 Å². The Morgan fingerprint density at radius 2 is 1.91 bits per heavy atom. The van der Waals surface area contributed by atoms with E-state index in [1.807, 2.05) is 30.3 Å². The average molecular weight is 432 g/mol. The third kappa shape index (κ3) is 5.49. The van der Waals surface area contributed by atoms with Crippen LogP contribution in [0.3, 0.4) is 0 Å². The van der Waals surface area contributed by atoms with Crippen LogP contribution in [-0.4, -0.2) is 47.0 Å². The number of aromatic nitrogens is 2. The summed E-state index contributed by atoms with van der Waals surface area (Å²) in [4.78, 5) is 22.7. The van der Waals surface area contributed by atoms with E-state index in [2.05, 4.69) is 27.0 Å². The number of anilines is 1. The maximum absolute atomic E-state index is 11.4. The van der Waals surface area contributed by atoms with Crippen LogP contribution in [0.2, 0.25) is 0 Å². The van der Waals surface area contributed by atoms with E-state index < -0.39 is 5.91 Å². The summed E-state index contributed by atoms with van der Waals surface area (Å²) in [6, 6.07) is 17.5. The van der Waals surface area contributed by atoms with Crippen LogP contribution < -0.4 is 11.5 Å². The SMILES string of the molecule is NC(=O)c1ccc(-c2cnc(N)nc2C2CCCN(CCOCc3ccccc3)C2)cc1. The number of carbonyl (C=O) groups is 1. The van der Waals surface area contributed by atoms with E-state index in [1.54, 1.807) is 18.3 Å². The van der Waals surface area contributed by atoms with Gasteiger partial charge in [-0.2, -0.15) is 0 Å². The third-order valence-electron chi connectivity index (χ3n) is 5.87. The minimum absolute atomic E-state index is 0.258. The van der Waals surface area contributed by atoms with Crippen molar-refractivity contribution in [3.05, 3.63) is 77.6 Å². The van der Waals surface area contributed by atoms with Crippen LogP contribution >= 0.6 is 0 Å². The molecule has 1 aromatic heterocycles. The normalized spacial score (nSPS) is 16.7. The second-order valence-electron chi connectivity index (χ2n) is 8.15. The lowest BCUT2D eigenvalue weighted by Crippen LogP contribution is -2.37. The van der Waals surface area contributed by atoms with Gasteiger partial charge in [0.2, 0.25) is 11.9 Å². The summed E-state index contributed by atoms with van der Waals surface area (Å²) in [5.41, 5.74) is 15.8. The Bertz CT molecular complexity index is 1040. The molecule has 0 saturated carbocycles. The fourth-order valence-electron chi connectivity index (χ4n) is 4.20. The van der Waals surface area contributed by atoms with Crippen LogP contribution in [0.25, 0.3) is 11.1 Å². The molecule has 1 saturated heterocycles. The van der Waals surface area contributed by atoms with Crippen molar-refractivity contribution in [2.45, 2.75) is 25.4 Å². The van der Waals surface area contributed by atoms with Crippen molar-refractivity contribution >= 4 is 11.9 Å². The van der Waals surface area contributed by atoms with Crippen molar-refractivity contribution in [1.29, 1.82) is 0 Å². The summed E-state index contributed by atoms with van der Waals surface area (Å²) in [7, 11) is 0. The zero-order valence-electron chi connectivity index (χ0n) is 18.1. The molecule has 2 heterocycles. The highest BCUT2D eigenvalue weighted by Crippen LogP contribution is 2.33. The number of nitrogen functional groups attached to an aromatic ring is 1. The number of rotatable bonds is 8. The lowest BCUT2D eigenvalue weighted by atomic mass is 9.89. The summed E-state index contributed by atoms with van der Waals surface area (Å²) < 4.78 is 5.88. The largest absolute Gasteiger partial charge is 0.375 e. The van der Waals surface area contributed by atoms with Crippen molar-refractivity contribution in [3.8, 4) is 11.1 Å². The van der Waals surface area contributed by atoms with Gasteiger partial charge in [0.25, 0.3) is 0 Å². The Morgan fingerprint density at radius 1 is 1.12 bits per heavy atom. The zero-order chi connectivity index (χ0) is 22.3. The molecule has 1 fully saturated rings. The van der Waals surface area contributed by atoms with Gasteiger partial charge in [-0.15, -0.1) is 0 Å². The minimum Gasteiger partial charge on any atom is -0.375 e. The highest BCUT2D eigenvalue weighted by Gasteiger charge is 2.25. The van der Waals surface area contributed by atoms with Gasteiger partial charge in [0.1, 0.15) is 0 Å². The predicted molar refractivity (Wildman–Crippen MR) is 125 cm³/mol. The van der Waals surface area contributed by atoms with Crippen molar-refractivity contribution in [3.63, 3.8) is 0 Å². The van der Waals surface area contributed by atoms with E-state index in [4.69, 9.17) is 16.2 Å². The second kappa shape index (κ2) is 10.3. The summed E-state index contributed by atoms with van der Waals surface area (Å²) in [6.07, 6.45) is 3.91. The number of piperidine rings is 1. The first-order valence-corrected chi connectivity index (χ1v) is 11.0. The van der Waals surface area contributed by atoms with E-state index >= 15 is 0 Å². The lowest BCUT2D eigenvalue weighted by molar-refractivity contribution is 0.0827. The molecule has 7 nitrogen and oxygen atoms in total. The molecule has 1 aliphatic heterocycles. The van der Waals surface area contributed by atoms with Crippen LogP contribution in [-0.2, 0) is 11.3 Å². The highest BCUT2D eigenvalue weighted by atomic mass is 16.5. The molecule has 4 rings (SSSR count). The Kier molecular flexibility index (Phi) is 7.09. The molecule has 1 atom stereocenters. The van der Waals surface area contributed by atoms with Gasteiger partial charge in [-0.3, -0.25) is 4.79 Å². The Morgan fingerprint density at radius 3 is 2.66 bits per heavy atom. The van der Waals surface area contributed by atoms with Crippen LogP contribution in [0.15, 0.2) is 60.8 Å². The van der Waals surface area contributed by atoms with E-state index in [1.165, 1.54) is 5.56 Å². The highest BCUT2D eigenvalue weighted by molar-refractivity contribution is 5.93. The third-order valence-corrected chi connectivity index (χ3v) is 5.87. The quantitative estimate of drug-likeness (QED) is 0.530. The Balaban J connectivity index is 1.42. The number of hydrogen-bond acceptors (Lipinski definition) is 6. The molecule has 2 aromatic carbocycles. The number of primary amides is 1. The van der Waals surface area contributed by atoms with Crippen molar-refractivity contribution < 1.29 is 9.53 Å². The number of likely N-dealkylation sites (tertiary alicyclic amines) is 1. The van der Waals surface area contributed by atoms with E-state index in [-0.39, 0.29) is 11.9 Å². The molecule has 0 aliphatic carbocycles. The fourth-order valence-corrected chi connectivity index (χ4v) is 4.20. The molecule has 1 unspecified atom stereocenters. The molecule has 7 heteroatoms. The number of carbonyl (C=O) groups excluding carboxylic acids is 1. The van der Waals surface area contributed by atoms with E-state index in [0.29, 0.717) is 18.8 Å². The molecule has 1 amide bonds. The molecule has 0 bridgehead atoms. The van der Waals surface area contributed by atoms with Gasteiger partial charge in [0, 0.05) is 36.3 Å². The summed E-state index contributed by atoms with van der Waals surface area (Å²) in [6.45, 7) is 4.15. The number of benzene rings is 2. The summed E-state index contributed by atoms with van der Waals surface area (Å²) >= 11 is 0. The van der Waals surface area contributed by atoms with Crippen molar-refractivity contribution in [1.82, 2.24) is 14.9 Å². The van der Waals surface area contributed by atoms with Crippen LogP contribution in [0, 0.1) is 0 Å².